The predicted molar refractivity (Wildman–Crippen MR) is 130 cm³/mol. The van der Waals surface area contributed by atoms with Crippen molar-refractivity contribution >= 4 is 23.2 Å². The van der Waals surface area contributed by atoms with E-state index in [1.165, 1.54) is 12.1 Å². The molecule has 190 valence electrons. The lowest BCUT2D eigenvalue weighted by Crippen LogP contribution is -2.26. The normalized spacial score (nSPS) is 17.2. The minimum Gasteiger partial charge on any atom is -0.485 e. The number of hydrogen-bond acceptors (Lipinski definition) is 5. The van der Waals surface area contributed by atoms with Crippen molar-refractivity contribution in [3.05, 3.63) is 82.9 Å². The van der Waals surface area contributed by atoms with Crippen molar-refractivity contribution in [1.29, 1.82) is 0 Å². The SMILES string of the molecule is CC/C=C(/N=C(/C=C(\C)OC1CCNC1=O)C(N)=O)c1ccc(Cc2ccc(C(F)(F)F)cn2)cc1. The van der Waals surface area contributed by atoms with E-state index in [1.807, 2.05) is 25.1 Å². The Bertz CT molecular complexity index is 1180. The van der Waals surface area contributed by atoms with Gasteiger partial charge in [-0.3, -0.25) is 14.6 Å². The molecule has 3 N–H and O–H groups in total. The van der Waals surface area contributed by atoms with Crippen molar-refractivity contribution in [3.8, 4) is 0 Å². The summed E-state index contributed by atoms with van der Waals surface area (Å²) >= 11 is 0. The molecule has 2 heterocycles. The smallest absolute Gasteiger partial charge is 0.417 e. The van der Waals surface area contributed by atoms with Crippen LogP contribution in [0.5, 0.6) is 0 Å². The second kappa shape index (κ2) is 11.7. The minimum atomic E-state index is -4.43. The van der Waals surface area contributed by atoms with Crippen molar-refractivity contribution in [2.24, 2.45) is 10.7 Å². The number of aliphatic imine (C=N–C) groups is 1. The maximum absolute atomic E-state index is 12.7. The summed E-state index contributed by atoms with van der Waals surface area (Å²) in [6.45, 7) is 4.08. The number of nitrogens with two attached hydrogens (primary N) is 1. The average Bonchev–Trinajstić information content (AvgIpc) is 3.22. The lowest BCUT2D eigenvalue weighted by atomic mass is 10.0. The number of pyridine rings is 1. The van der Waals surface area contributed by atoms with Gasteiger partial charge in [-0.05, 0) is 36.6 Å². The van der Waals surface area contributed by atoms with Crippen LogP contribution in [0.1, 0.15) is 49.1 Å². The summed E-state index contributed by atoms with van der Waals surface area (Å²) in [6, 6.07) is 9.62. The van der Waals surface area contributed by atoms with Crippen molar-refractivity contribution in [2.75, 3.05) is 6.54 Å². The van der Waals surface area contributed by atoms with Gasteiger partial charge in [-0.25, -0.2) is 4.99 Å². The van der Waals surface area contributed by atoms with E-state index in [4.69, 9.17) is 10.5 Å². The fourth-order valence-corrected chi connectivity index (χ4v) is 3.54. The van der Waals surface area contributed by atoms with Crippen molar-refractivity contribution in [2.45, 2.75) is 45.4 Å². The van der Waals surface area contributed by atoms with E-state index in [-0.39, 0.29) is 11.6 Å². The fraction of sp³-hybridized carbons (Fsp3) is 0.308. The van der Waals surface area contributed by atoms with Gasteiger partial charge in [0.1, 0.15) is 5.71 Å². The van der Waals surface area contributed by atoms with Crippen LogP contribution in [-0.2, 0) is 26.9 Å². The summed E-state index contributed by atoms with van der Waals surface area (Å²) in [6.07, 6.45) is 0.550. The number of allylic oxidation sites excluding steroid dienone is 2. The van der Waals surface area contributed by atoms with Gasteiger partial charge in [0.15, 0.2) is 6.10 Å². The third-order valence-corrected chi connectivity index (χ3v) is 5.34. The third kappa shape index (κ3) is 7.27. The van der Waals surface area contributed by atoms with Gasteiger partial charge in [-0.2, -0.15) is 13.2 Å². The number of primary amides is 1. The first kappa shape index (κ1) is 26.7. The average molecular weight is 501 g/mol. The van der Waals surface area contributed by atoms with Crippen LogP contribution in [-0.4, -0.2) is 35.2 Å². The highest BCUT2D eigenvalue weighted by molar-refractivity contribution is 6.43. The van der Waals surface area contributed by atoms with E-state index in [0.29, 0.717) is 43.0 Å². The zero-order chi connectivity index (χ0) is 26.3. The predicted octanol–water partition coefficient (Wildman–Crippen LogP) is 4.18. The van der Waals surface area contributed by atoms with E-state index in [1.54, 1.807) is 19.1 Å². The van der Waals surface area contributed by atoms with Crippen LogP contribution in [0.4, 0.5) is 13.2 Å². The van der Waals surface area contributed by atoms with Gasteiger partial charge >= 0.3 is 6.18 Å². The zero-order valence-electron chi connectivity index (χ0n) is 19.9. The fourth-order valence-electron chi connectivity index (χ4n) is 3.54. The highest BCUT2D eigenvalue weighted by atomic mass is 19.4. The van der Waals surface area contributed by atoms with Gasteiger partial charge < -0.3 is 15.8 Å². The molecule has 0 radical (unpaired) electrons. The van der Waals surface area contributed by atoms with Gasteiger partial charge in [0, 0.05) is 37.4 Å². The second-order valence-electron chi connectivity index (χ2n) is 8.21. The highest BCUT2D eigenvalue weighted by Gasteiger charge is 2.30. The molecule has 1 atom stereocenters. The molecule has 1 aliphatic heterocycles. The number of alkyl halides is 3. The number of aromatic nitrogens is 1. The molecule has 1 aromatic carbocycles. The molecule has 36 heavy (non-hydrogen) atoms. The Balaban J connectivity index is 1.77. The standard InChI is InChI=1S/C26H27F3N4O3/c1-3-4-21(33-22(24(30)34)13-16(2)36-23-11-12-31-25(23)35)18-7-5-17(6-8-18)14-20-10-9-19(15-32-20)26(27,28)29/h4-10,13,15,23H,3,11-12,14H2,1-2H3,(H2,30,34)(H,31,35)/b16-13+,21-4+,33-22-. The first-order valence-electron chi connectivity index (χ1n) is 11.4. The van der Waals surface area contributed by atoms with Crippen LogP contribution in [0.15, 0.2) is 65.5 Å². The highest BCUT2D eigenvalue weighted by Crippen LogP contribution is 2.28. The Hall–Kier alpha value is -3.95. The van der Waals surface area contributed by atoms with E-state index >= 15 is 0 Å². The second-order valence-corrected chi connectivity index (χ2v) is 8.21. The van der Waals surface area contributed by atoms with Gasteiger partial charge in [-0.1, -0.05) is 37.3 Å². The number of nitrogens with zero attached hydrogens (tertiary/aromatic N) is 2. The maximum Gasteiger partial charge on any atom is 0.417 e. The van der Waals surface area contributed by atoms with Crippen molar-refractivity contribution < 1.29 is 27.5 Å². The van der Waals surface area contributed by atoms with Crippen LogP contribution in [0.25, 0.3) is 5.70 Å². The molecule has 1 saturated heterocycles. The Labute approximate surface area is 207 Å². The topological polar surface area (TPSA) is 107 Å². The molecule has 1 aliphatic rings. The first-order valence-corrected chi connectivity index (χ1v) is 11.4. The third-order valence-electron chi connectivity index (χ3n) is 5.34. The van der Waals surface area contributed by atoms with Gasteiger partial charge in [0.2, 0.25) is 0 Å². The summed E-state index contributed by atoms with van der Waals surface area (Å²) in [5.74, 6) is -0.621. The molecule has 7 nitrogen and oxygen atoms in total. The van der Waals surface area contributed by atoms with E-state index in [2.05, 4.69) is 15.3 Å². The molecule has 0 aliphatic carbocycles. The summed E-state index contributed by atoms with van der Waals surface area (Å²) < 4.78 is 43.8. The van der Waals surface area contributed by atoms with Crippen LogP contribution >= 0.6 is 0 Å². The summed E-state index contributed by atoms with van der Waals surface area (Å²) in [4.78, 5) is 32.1. The Morgan fingerprint density at radius 3 is 2.50 bits per heavy atom. The number of ether oxygens (including phenoxy) is 1. The van der Waals surface area contributed by atoms with Crippen LogP contribution in [0, 0.1) is 0 Å². The van der Waals surface area contributed by atoms with E-state index in [9.17, 15) is 22.8 Å². The first-order chi connectivity index (χ1) is 17.1. The molecule has 3 rings (SSSR count). The number of halogens is 3. The molecule has 10 heteroatoms. The number of nitrogens with one attached hydrogen (secondary N) is 1. The monoisotopic (exact) mass is 500 g/mol. The number of carbonyl (C=O) groups excluding carboxylic acids is 2. The molecule has 0 spiro atoms. The number of rotatable bonds is 9. The minimum absolute atomic E-state index is 0.0244. The molecular formula is C26H27F3N4O3. The molecule has 0 bridgehead atoms. The van der Waals surface area contributed by atoms with Gasteiger partial charge in [0.05, 0.1) is 17.0 Å². The molecule has 1 fully saturated rings. The van der Waals surface area contributed by atoms with E-state index < -0.39 is 23.8 Å². The Morgan fingerprint density at radius 2 is 1.97 bits per heavy atom. The van der Waals surface area contributed by atoms with Gasteiger partial charge in [0.25, 0.3) is 11.8 Å². The lowest BCUT2D eigenvalue weighted by molar-refractivity contribution is -0.137. The maximum atomic E-state index is 12.7. The van der Waals surface area contributed by atoms with Crippen LogP contribution in [0.2, 0.25) is 0 Å². The van der Waals surface area contributed by atoms with Crippen LogP contribution < -0.4 is 11.1 Å². The number of benzene rings is 1. The summed E-state index contributed by atoms with van der Waals surface area (Å²) in [7, 11) is 0. The Kier molecular flexibility index (Phi) is 8.63. The van der Waals surface area contributed by atoms with Crippen LogP contribution in [0.3, 0.4) is 0 Å². The van der Waals surface area contributed by atoms with Crippen molar-refractivity contribution in [3.63, 3.8) is 0 Å². The molecule has 1 unspecified atom stereocenters. The van der Waals surface area contributed by atoms with Gasteiger partial charge in [-0.15, -0.1) is 0 Å². The summed E-state index contributed by atoms with van der Waals surface area (Å²) in [5, 5.41) is 2.68. The molecule has 2 aromatic rings. The van der Waals surface area contributed by atoms with E-state index in [0.717, 1.165) is 23.4 Å². The Morgan fingerprint density at radius 1 is 1.25 bits per heavy atom. The molecule has 1 aromatic heterocycles. The number of amides is 2. The lowest BCUT2D eigenvalue weighted by Gasteiger charge is -2.11. The largest absolute Gasteiger partial charge is 0.485 e. The quantitative estimate of drug-likeness (QED) is 0.398. The molecule has 0 saturated carbocycles. The number of carbonyl (C=O) groups is 2. The molecular weight excluding hydrogens is 473 g/mol. The molecule has 2 amide bonds. The number of hydrogen-bond donors (Lipinski definition) is 2. The summed E-state index contributed by atoms with van der Waals surface area (Å²) in [5.41, 5.74) is 7.32. The zero-order valence-corrected chi connectivity index (χ0v) is 19.9. The van der Waals surface area contributed by atoms with Crippen molar-refractivity contribution in [1.82, 2.24) is 10.3 Å².